The van der Waals surface area contributed by atoms with Crippen molar-refractivity contribution in [1.82, 2.24) is 4.57 Å². The molecule has 0 aromatic carbocycles. The van der Waals surface area contributed by atoms with E-state index in [1.165, 1.54) is 12.1 Å². The van der Waals surface area contributed by atoms with E-state index in [9.17, 15) is 18.4 Å². The third-order valence-corrected chi connectivity index (χ3v) is 1.63. The third-order valence-electron chi connectivity index (χ3n) is 1.63. The Labute approximate surface area is 83.8 Å². The molecular formula is C9H8F2N2O2. The zero-order chi connectivity index (χ0) is 11.4. The highest BCUT2D eigenvalue weighted by atomic mass is 19.3. The Balaban J connectivity index is 3.10. The Kier molecular flexibility index (Phi) is 3.33. The first-order valence-corrected chi connectivity index (χ1v) is 3.99. The molecule has 0 aliphatic carbocycles. The minimum absolute atomic E-state index is 0.206. The number of rotatable bonds is 3. The van der Waals surface area contributed by atoms with Crippen LogP contribution in [0.4, 0.5) is 14.5 Å². The Hall–Kier alpha value is -1.98. The van der Waals surface area contributed by atoms with E-state index in [1.54, 1.807) is 0 Å². The van der Waals surface area contributed by atoms with Crippen molar-refractivity contribution in [2.75, 3.05) is 5.32 Å². The van der Waals surface area contributed by atoms with Crippen LogP contribution in [0.5, 0.6) is 0 Å². The third kappa shape index (κ3) is 2.49. The van der Waals surface area contributed by atoms with Gasteiger partial charge in [-0.1, -0.05) is 6.58 Å². The standard InChI is InChI=1S/C9H8F2N2O2/c1-2-7(14)12-6-4-3-5-13(8(6)15)9(10)11/h2-5,9H,1H2,(H,12,14). The SMILES string of the molecule is C=CC(=O)Nc1cccn(C(F)F)c1=O. The lowest BCUT2D eigenvalue weighted by Gasteiger charge is -2.06. The summed E-state index contributed by atoms with van der Waals surface area (Å²) in [4.78, 5) is 22.1. The molecule has 1 amide bonds. The molecule has 0 saturated heterocycles. The van der Waals surface area contributed by atoms with Crippen molar-refractivity contribution in [2.45, 2.75) is 6.55 Å². The molecule has 0 bridgehead atoms. The molecule has 0 spiro atoms. The summed E-state index contributed by atoms with van der Waals surface area (Å²) in [7, 11) is 0. The number of carbonyl (C=O) groups is 1. The second-order valence-corrected chi connectivity index (χ2v) is 2.61. The highest BCUT2D eigenvalue weighted by Crippen LogP contribution is 2.08. The lowest BCUT2D eigenvalue weighted by molar-refractivity contribution is -0.111. The predicted octanol–water partition coefficient (Wildman–Crippen LogP) is 1.37. The van der Waals surface area contributed by atoms with Crippen molar-refractivity contribution < 1.29 is 13.6 Å². The van der Waals surface area contributed by atoms with Crippen molar-refractivity contribution in [3.63, 3.8) is 0 Å². The summed E-state index contributed by atoms with van der Waals surface area (Å²) in [5, 5.41) is 2.13. The van der Waals surface area contributed by atoms with Crippen molar-refractivity contribution in [1.29, 1.82) is 0 Å². The smallest absolute Gasteiger partial charge is 0.318 e. The first-order chi connectivity index (χ1) is 7.06. The Bertz CT molecular complexity index is 440. The van der Waals surface area contributed by atoms with Gasteiger partial charge in [-0.25, -0.2) is 0 Å². The summed E-state index contributed by atoms with van der Waals surface area (Å²) >= 11 is 0. The monoisotopic (exact) mass is 214 g/mol. The topological polar surface area (TPSA) is 51.1 Å². The van der Waals surface area contributed by atoms with Gasteiger partial charge >= 0.3 is 6.55 Å². The quantitative estimate of drug-likeness (QED) is 0.772. The molecule has 0 aliphatic rings. The van der Waals surface area contributed by atoms with E-state index in [4.69, 9.17) is 0 Å². The van der Waals surface area contributed by atoms with E-state index in [2.05, 4.69) is 11.9 Å². The number of nitrogens with zero attached hydrogens (tertiary/aromatic N) is 1. The van der Waals surface area contributed by atoms with Gasteiger partial charge in [-0.2, -0.15) is 8.78 Å². The molecule has 0 atom stereocenters. The maximum Gasteiger partial charge on any atom is 0.321 e. The van der Waals surface area contributed by atoms with Crippen LogP contribution in [0, 0.1) is 0 Å². The normalized spacial score (nSPS) is 10.1. The number of anilines is 1. The van der Waals surface area contributed by atoms with Crippen molar-refractivity contribution >= 4 is 11.6 Å². The molecule has 1 rings (SSSR count). The van der Waals surface area contributed by atoms with Gasteiger partial charge < -0.3 is 5.32 Å². The van der Waals surface area contributed by atoms with Gasteiger partial charge in [-0.3, -0.25) is 14.2 Å². The van der Waals surface area contributed by atoms with Crippen LogP contribution in [0.2, 0.25) is 0 Å². The lowest BCUT2D eigenvalue weighted by Crippen LogP contribution is -2.25. The summed E-state index contributed by atoms with van der Waals surface area (Å²) < 4.78 is 24.7. The molecule has 0 unspecified atom stereocenters. The van der Waals surface area contributed by atoms with Crippen LogP contribution >= 0.6 is 0 Å². The molecule has 0 radical (unpaired) electrons. The molecule has 1 heterocycles. The fourth-order valence-corrected chi connectivity index (χ4v) is 0.943. The summed E-state index contributed by atoms with van der Waals surface area (Å²) in [5.74, 6) is -0.626. The molecule has 1 aromatic heterocycles. The van der Waals surface area contributed by atoms with Gasteiger partial charge in [0.1, 0.15) is 5.69 Å². The number of alkyl halides is 2. The van der Waals surface area contributed by atoms with Crippen LogP contribution in [0.25, 0.3) is 0 Å². The number of pyridine rings is 1. The maximum absolute atomic E-state index is 12.3. The maximum atomic E-state index is 12.3. The van der Waals surface area contributed by atoms with Gasteiger partial charge in [0.25, 0.3) is 5.56 Å². The molecule has 1 aromatic rings. The van der Waals surface area contributed by atoms with Gasteiger partial charge in [0.05, 0.1) is 0 Å². The molecule has 6 heteroatoms. The number of amides is 1. The Morgan fingerprint density at radius 1 is 1.60 bits per heavy atom. The molecule has 0 aliphatic heterocycles. The van der Waals surface area contributed by atoms with E-state index >= 15 is 0 Å². The van der Waals surface area contributed by atoms with Gasteiger partial charge in [-0.15, -0.1) is 0 Å². The van der Waals surface area contributed by atoms with E-state index in [0.29, 0.717) is 0 Å². The Morgan fingerprint density at radius 2 is 2.27 bits per heavy atom. The van der Waals surface area contributed by atoms with Crippen molar-refractivity contribution in [3.8, 4) is 0 Å². The van der Waals surface area contributed by atoms with Gasteiger partial charge in [0.2, 0.25) is 5.91 Å². The van der Waals surface area contributed by atoms with Crippen LogP contribution in [0.1, 0.15) is 6.55 Å². The van der Waals surface area contributed by atoms with E-state index < -0.39 is 18.0 Å². The average molecular weight is 214 g/mol. The molecule has 0 saturated carbocycles. The number of carbonyl (C=O) groups excluding carboxylic acids is 1. The summed E-state index contributed by atoms with van der Waals surface area (Å²) in [6.45, 7) is 0.243. The van der Waals surface area contributed by atoms with Crippen molar-refractivity contribution in [2.24, 2.45) is 0 Å². The highest BCUT2D eigenvalue weighted by Gasteiger charge is 2.10. The summed E-state index contributed by atoms with van der Waals surface area (Å²) in [6.07, 6.45) is 1.88. The molecule has 1 N–H and O–H groups in total. The molecule has 15 heavy (non-hydrogen) atoms. The minimum atomic E-state index is -2.93. The van der Waals surface area contributed by atoms with Crippen LogP contribution in [-0.2, 0) is 4.79 Å². The zero-order valence-electron chi connectivity index (χ0n) is 7.61. The van der Waals surface area contributed by atoms with Crippen LogP contribution < -0.4 is 10.9 Å². The summed E-state index contributed by atoms with van der Waals surface area (Å²) in [5.41, 5.74) is -1.16. The summed E-state index contributed by atoms with van der Waals surface area (Å²) in [6, 6.07) is 2.48. The van der Waals surface area contributed by atoms with E-state index in [0.717, 1.165) is 12.3 Å². The second kappa shape index (κ2) is 4.50. The number of halogens is 2. The van der Waals surface area contributed by atoms with Crippen LogP contribution in [0.15, 0.2) is 35.8 Å². The number of hydrogen-bond donors (Lipinski definition) is 1. The minimum Gasteiger partial charge on any atom is -0.318 e. The molecule has 4 nitrogen and oxygen atoms in total. The van der Waals surface area contributed by atoms with Crippen molar-refractivity contribution in [3.05, 3.63) is 41.3 Å². The van der Waals surface area contributed by atoms with Gasteiger partial charge in [0, 0.05) is 6.20 Å². The van der Waals surface area contributed by atoms with Gasteiger partial charge in [-0.05, 0) is 18.2 Å². The predicted molar refractivity (Wildman–Crippen MR) is 50.8 cm³/mol. The first kappa shape index (κ1) is 11.1. The number of nitrogens with one attached hydrogen (secondary N) is 1. The van der Waals surface area contributed by atoms with E-state index in [-0.39, 0.29) is 10.3 Å². The first-order valence-electron chi connectivity index (χ1n) is 3.99. The largest absolute Gasteiger partial charge is 0.321 e. The number of hydrogen-bond acceptors (Lipinski definition) is 2. The molecular weight excluding hydrogens is 206 g/mol. The average Bonchev–Trinajstić information content (AvgIpc) is 2.20. The van der Waals surface area contributed by atoms with E-state index in [1.807, 2.05) is 0 Å². The second-order valence-electron chi connectivity index (χ2n) is 2.61. The fourth-order valence-electron chi connectivity index (χ4n) is 0.943. The lowest BCUT2D eigenvalue weighted by atomic mass is 10.4. The van der Waals surface area contributed by atoms with Crippen LogP contribution in [-0.4, -0.2) is 10.5 Å². The Morgan fingerprint density at radius 3 is 2.80 bits per heavy atom. The van der Waals surface area contributed by atoms with Crippen LogP contribution in [0.3, 0.4) is 0 Å². The highest BCUT2D eigenvalue weighted by molar-refractivity contribution is 5.98. The molecule has 0 fully saturated rings. The number of aromatic nitrogens is 1. The molecule has 80 valence electrons. The fraction of sp³-hybridized carbons (Fsp3) is 0.111. The zero-order valence-corrected chi connectivity index (χ0v) is 7.61. The van der Waals surface area contributed by atoms with Gasteiger partial charge in [0.15, 0.2) is 0 Å².